The minimum absolute atomic E-state index is 0.955. The molecule has 0 bridgehead atoms. The van der Waals surface area contributed by atoms with Crippen molar-refractivity contribution in [3.63, 3.8) is 0 Å². The largest absolute Gasteiger partial charge is 0.310 e. The highest BCUT2D eigenvalue weighted by Gasteiger charge is 2.17. The van der Waals surface area contributed by atoms with E-state index < -0.39 is 0 Å². The van der Waals surface area contributed by atoms with E-state index in [9.17, 15) is 0 Å². The summed E-state index contributed by atoms with van der Waals surface area (Å²) in [6.45, 7) is 0. The molecular weight excluding hydrogens is 534 g/mol. The van der Waals surface area contributed by atoms with Crippen LogP contribution in [0, 0.1) is 0 Å². The second-order valence-corrected chi connectivity index (χ2v) is 10.9. The third-order valence-electron chi connectivity index (χ3n) is 8.24. The van der Waals surface area contributed by atoms with Gasteiger partial charge in [-0.3, -0.25) is 4.57 Å². The molecule has 2 aromatic heterocycles. The number of hydrogen-bond donors (Lipinski definition) is 0. The quantitative estimate of drug-likeness (QED) is 0.201. The minimum atomic E-state index is 0.955. The molecule has 3 nitrogen and oxygen atoms in total. The van der Waals surface area contributed by atoms with Crippen molar-refractivity contribution < 1.29 is 0 Å². The Morgan fingerprint density at radius 3 is 1.59 bits per heavy atom. The first-order valence-corrected chi connectivity index (χ1v) is 14.9. The standard InChI is InChI=1S/C41H29N3/c1-3-11-30(12-4-1)32-20-24-34(25-21-32)43(35-26-22-33(23-27-35)31-13-5-2-6-14-31)36-15-9-16-37(29-36)44-40-19-8-7-17-38(40)39-18-10-28-42-41(39)44/h1-29H. The fourth-order valence-corrected chi connectivity index (χ4v) is 6.14. The van der Waals surface area contributed by atoms with E-state index in [1.54, 1.807) is 0 Å². The Hall–Kier alpha value is -5.93. The van der Waals surface area contributed by atoms with Gasteiger partial charge in [-0.15, -0.1) is 0 Å². The fraction of sp³-hybridized carbons (Fsp3) is 0. The molecule has 6 aromatic carbocycles. The van der Waals surface area contributed by atoms with Gasteiger partial charge >= 0.3 is 0 Å². The summed E-state index contributed by atoms with van der Waals surface area (Å²) in [6, 6.07) is 60.1. The summed E-state index contributed by atoms with van der Waals surface area (Å²) >= 11 is 0. The monoisotopic (exact) mass is 563 g/mol. The molecule has 0 saturated carbocycles. The van der Waals surface area contributed by atoms with Crippen molar-refractivity contribution in [2.75, 3.05) is 4.90 Å². The van der Waals surface area contributed by atoms with Crippen LogP contribution < -0.4 is 4.90 Å². The van der Waals surface area contributed by atoms with Crippen molar-refractivity contribution in [3.05, 3.63) is 176 Å². The smallest absolute Gasteiger partial charge is 0.145 e. The normalized spacial score (nSPS) is 11.2. The number of pyridine rings is 1. The van der Waals surface area contributed by atoms with Crippen LogP contribution in [0.3, 0.4) is 0 Å². The SMILES string of the molecule is c1ccc(-c2ccc(N(c3ccc(-c4ccccc4)cc3)c3cccc(-n4c5ccccc5c5cccnc54)c3)cc2)cc1. The molecule has 0 spiro atoms. The maximum absolute atomic E-state index is 4.81. The summed E-state index contributed by atoms with van der Waals surface area (Å²) in [6.07, 6.45) is 1.87. The number of para-hydroxylation sites is 1. The predicted octanol–water partition coefficient (Wildman–Crippen LogP) is 11.0. The molecule has 0 radical (unpaired) electrons. The highest BCUT2D eigenvalue weighted by Crippen LogP contribution is 2.39. The molecule has 0 aliphatic carbocycles. The molecule has 2 heterocycles. The third kappa shape index (κ3) is 4.61. The van der Waals surface area contributed by atoms with E-state index in [1.165, 1.54) is 27.6 Å². The van der Waals surface area contributed by atoms with Gasteiger partial charge in [-0.05, 0) is 82.9 Å². The fourth-order valence-electron chi connectivity index (χ4n) is 6.14. The molecule has 8 rings (SSSR count). The van der Waals surface area contributed by atoms with Crippen LogP contribution in [0.4, 0.5) is 17.1 Å². The Morgan fingerprint density at radius 1 is 0.409 bits per heavy atom. The number of nitrogens with zero attached hydrogens (tertiary/aromatic N) is 3. The van der Waals surface area contributed by atoms with Crippen LogP contribution in [-0.4, -0.2) is 9.55 Å². The van der Waals surface area contributed by atoms with Gasteiger partial charge in [-0.2, -0.15) is 0 Å². The van der Waals surface area contributed by atoms with E-state index in [0.717, 1.165) is 39.3 Å². The molecule has 208 valence electrons. The van der Waals surface area contributed by atoms with Crippen molar-refractivity contribution in [2.24, 2.45) is 0 Å². The van der Waals surface area contributed by atoms with Gasteiger partial charge in [0.25, 0.3) is 0 Å². The van der Waals surface area contributed by atoms with Crippen LogP contribution in [0.2, 0.25) is 0 Å². The van der Waals surface area contributed by atoms with E-state index in [2.05, 4.69) is 173 Å². The third-order valence-corrected chi connectivity index (χ3v) is 8.24. The molecule has 0 aliphatic rings. The van der Waals surface area contributed by atoms with E-state index in [0.29, 0.717) is 0 Å². The molecule has 0 fully saturated rings. The number of aromatic nitrogens is 2. The molecule has 0 aliphatic heterocycles. The lowest BCUT2D eigenvalue weighted by Crippen LogP contribution is -2.10. The zero-order valence-corrected chi connectivity index (χ0v) is 24.1. The number of fused-ring (bicyclic) bond motifs is 3. The number of benzene rings is 6. The topological polar surface area (TPSA) is 21.1 Å². The number of rotatable bonds is 6. The first-order chi connectivity index (χ1) is 21.8. The Labute approximate surface area is 256 Å². The molecule has 0 amide bonds. The van der Waals surface area contributed by atoms with Gasteiger partial charge < -0.3 is 4.90 Å². The Kier molecular flexibility index (Phi) is 6.47. The van der Waals surface area contributed by atoms with Gasteiger partial charge in [-0.1, -0.05) is 109 Å². The lowest BCUT2D eigenvalue weighted by atomic mass is 10.0. The number of anilines is 3. The Balaban J connectivity index is 1.27. The molecule has 0 unspecified atom stereocenters. The highest BCUT2D eigenvalue weighted by molar-refractivity contribution is 6.07. The van der Waals surface area contributed by atoms with Gasteiger partial charge in [0.15, 0.2) is 0 Å². The summed E-state index contributed by atoms with van der Waals surface area (Å²) in [4.78, 5) is 7.14. The molecule has 0 saturated heterocycles. The zero-order valence-electron chi connectivity index (χ0n) is 24.1. The van der Waals surface area contributed by atoms with E-state index in [4.69, 9.17) is 4.98 Å². The molecule has 44 heavy (non-hydrogen) atoms. The molecule has 0 N–H and O–H groups in total. The van der Waals surface area contributed by atoms with Gasteiger partial charge in [0.2, 0.25) is 0 Å². The van der Waals surface area contributed by atoms with Crippen LogP contribution in [-0.2, 0) is 0 Å². The van der Waals surface area contributed by atoms with E-state index in [1.807, 2.05) is 12.3 Å². The van der Waals surface area contributed by atoms with Crippen molar-refractivity contribution >= 4 is 39.0 Å². The molecular formula is C41H29N3. The second kappa shape index (κ2) is 11.0. The highest BCUT2D eigenvalue weighted by atomic mass is 15.1. The van der Waals surface area contributed by atoms with E-state index >= 15 is 0 Å². The van der Waals surface area contributed by atoms with Crippen LogP contribution >= 0.6 is 0 Å². The Morgan fingerprint density at radius 2 is 0.955 bits per heavy atom. The maximum Gasteiger partial charge on any atom is 0.145 e. The van der Waals surface area contributed by atoms with Crippen LogP contribution in [0.1, 0.15) is 0 Å². The summed E-state index contributed by atoms with van der Waals surface area (Å²) in [7, 11) is 0. The predicted molar refractivity (Wildman–Crippen MR) is 184 cm³/mol. The summed E-state index contributed by atoms with van der Waals surface area (Å²) in [5, 5.41) is 2.35. The average molecular weight is 564 g/mol. The average Bonchev–Trinajstić information content (AvgIpc) is 3.44. The van der Waals surface area contributed by atoms with E-state index in [-0.39, 0.29) is 0 Å². The first-order valence-electron chi connectivity index (χ1n) is 14.9. The summed E-state index contributed by atoms with van der Waals surface area (Å²) in [5.41, 5.74) is 11.2. The van der Waals surface area contributed by atoms with Gasteiger partial charge in [-0.25, -0.2) is 4.98 Å². The molecule has 3 heteroatoms. The van der Waals surface area contributed by atoms with Gasteiger partial charge in [0, 0.05) is 39.7 Å². The van der Waals surface area contributed by atoms with Gasteiger partial charge in [0.1, 0.15) is 5.65 Å². The van der Waals surface area contributed by atoms with Crippen molar-refractivity contribution in [1.82, 2.24) is 9.55 Å². The van der Waals surface area contributed by atoms with Crippen LogP contribution in [0.25, 0.3) is 49.9 Å². The molecule has 0 atom stereocenters. The zero-order chi connectivity index (χ0) is 29.3. The molecule has 8 aromatic rings. The summed E-state index contributed by atoms with van der Waals surface area (Å²) < 4.78 is 2.27. The Bertz CT molecular complexity index is 2060. The number of hydrogen-bond acceptors (Lipinski definition) is 2. The first kappa shape index (κ1) is 25.8. The van der Waals surface area contributed by atoms with Crippen molar-refractivity contribution in [2.45, 2.75) is 0 Å². The lowest BCUT2D eigenvalue weighted by molar-refractivity contribution is 1.13. The van der Waals surface area contributed by atoms with Crippen LogP contribution in [0.5, 0.6) is 0 Å². The van der Waals surface area contributed by atoms with Crippen molar-refractivity contribution in [1.29, 1.82) is 0 Å². The van der Waals surface area contributed by atoms with Gasteiger partial charge in [0.05, 0.1) is 5.52 Å². The summed E-state index contributed by atoms with van der Waals surface area (Å²) in [5.74, 6) is 0. The maximum atomic E-state index is 4.81. The lowest BCUT2D eigenvalue weighted by Gasteiger charge is -2.26. The second-order valence-electron chi connectivity index (χ2n) is 10.9. The minimum Gasteiger partial charge on any atom is -0.310 e. The van der Waals surface area contributed by atoms with Crippen LogP contribution in [0.15, 0.2) is 176 Å². The van der Waals surface area contributed by atoms with Crippen molar-refractivity contribution in [3.8, 4) is 27.9 Å².